The molecule has 25 heavy (non-hydrogen) atoms. The van der Waals surface area contributed by atoms with Crippen molar-refractivity contribution in [2.24, 2.45) is 0 Å². The van der Waals surface area contributed by atoms with Crippen molar-refractivity contribution in [3.05, 3.63) is 29.8 Å². The summed E-state index contributed by atoms with van der Waals surface area (Å²) >= 11 is 0. The smallest absolute Gasteiger partial charge is 0.407 e. The van der Waals surface area contributed by atoms with Crippen molar-refractivity contribution >= 4 is 17.7 Å². The second-order valence-electron chi connectivity index (χ2n) is 6.06. The van der Waals surface area contributed by atoms with Gasteiger partial charge in [0.15, 0.2) is 0 Å². The van der Waals surface area contributed by atoms with Gasteiger partial charge in [0.05, 0.1) is 24.3 Å². The van der Waals surface area contributed by atoms with Crippen LogP contribution in [0.1, 0.15) is 32.3 Å². The molecule has 2 amide bonds. The molecule has 1 aliphatic heterocycles. The van der Waals surface area contributed by atoms with E-state index in [-0.39, 0.29) is 18.0 Å². The van der Waals surface area contributed by atoms with Gasteiger partial charge in [-0.1, -0.05) is 6.07 Å². The normalized spacial score (nSPS) is 18.7. The summed E-state index contributed by atoms with van der Waals surface area (Å²) in [5.41, 5.74) is 1.11. The summed E-state index contributed by atoms with van der Waals surface area (Å²) in [6, 6.07) is 8.52. The highest BCUT2D eigenvalue weighted by molar-refractivity contribution is 5.94. The van der Waals surface area contributed by atoms with E-state index in [1.54, 1.807) is 31.2 Å². The Morgan fingerprint density at radius 2 is 2.28 bits per heavy atom. The Kier molecular flexibility index (Phi) is 6.78. The maximum atomic E-state index is 12.5. The Bertz CT molecular complexity index is 656. The third-order valence-corrected chi connectivity index (χ3v) is 4.24. The first kappa shape index (κ1) is 18.7. The predicted octanol–water partition coefficient (Wildman–Crippen LogP) is 2.10. The average Bonchev–Trinajstić information content (AvgIpc) is 2.61. The number of nitrogens with one attached hydrogen (secondary N) is 2. The van der Waals surface area contributed by atoms with Crippen LogP contribution >= 0.6 is 0 Å². The molecule has 2 N–H and O–H groups in total. The lowest BCUT2D eigenvalue weighted by atomic mass is 10.0. The fourth-order valence-corrected chi connectivity index (χ4v) is 2.89. The van der Waals surface area contributed by atoms with Gasteiger partial charge in [-0.25, -0.2) is 4.79 Å². The van der Waals surface area contributed by atoms with Crippen LogP contribution in [0.5, 0.6) is 0 Å². The minimum absolute atomic E-state index is 0.0232. The van der Waals surface area contributed by atoms with E-state index < -0.39 is 6.09 Å². The Morgan fingerprint density at radius 3 is 3.00 bits per heavy atom. The number of alkyl carbamates (subject to hydrolysis) is 1. The number of carbonyl (C=O) groups excluding carboxylic acids is 2. The molecule has 1 heterocycles. The van der Waals surface area contributed by atoms with Crippen LogP contribution in [0.3, 0.4) is 0 Å². The zero-order valence-electron chi connectivity index (χ0n) is 14.6. The maximum Gasteiger partial charge on any atom is 0.407 e. The van der Waals surface area contributed by atoms with Gasteiger partial charge in [0.25, 0.3) is 0 Å². The van der Waals surface area contributed by atoms with Crippen LogP contribution in [0.4, 0.5) is 10.5 Å². The molecule has 1 aliphatic rings. The molecule has 7 nitrogen and oxygen atoms in total. The molecule has 0 aromatic heterocycles. The molecule has 2 unspecified atom stereocenters. The van der Waals surface area contributed by atoms with Crippen LogP contribution in [0.15, 0.2) is 24.3 Å². The van der Waals surface area contributed by atoms with Crippen molar-refractivity contribution in [1.29, 1.82) is 5.26 Å². The molecule has 1 fully saturated rings. The van der Waals surface area contributed by atoms with E-state index in [4.69, 9.17) is 10.00 Å². The van der Waals surface area contributed by atoms with Gasteiger partial charge in [-0.3, -0.25) is 9.69 Å². The molecule has 2 rings (SSSR count). The summed E-state index contributed by atoms with van der Waals surface area (Å²) in [5.74, 6) is -0.133. The van der Waals surface area contributed by atoms with E-state index >= 15 is 0 Å². The summed E-state index contributed by atoms with van der Waals surface area (Å²) in [5, 5.41) is 14.6. The lowest BCUT2D eigenvalue weighted by Gasteiger charge is -2.36. The fourth-order valence-electron chi connectivity index (χ4n) is 2.89. The number of benzene rings is 1. The van der Waals surface area contributed by atoms with E-state index in [0.29, 0.717) is 24.4 Å². The third kappa shape index (κ3) is 5.47. The van der Waals surface area contributed by atoms with Crippen LogP contribution in [0, 0.1) is 11.3 Å². The van der Waals surface area contributed by atoms with Crippen molar-refractivity contribution in [2.75, 3.05) is 25.0 Å². The summed E-state index contributed by atoms with van der Waals surface area (Å²) in [4.78, 5) is 26.1. The topological polar surface area (TPSA) is 94.5 Å². The maximum absolute atomic E-state index is 12.5. The Hall–Kier alpha value is -2.59. The summed E-state index contributed by atoms with van der Waals surface area (Å²) < 4.78 is 4.91. The van der Waals surface area contributed by atoms with Gasteiger partial charge >= 0.3 is 6.09 Å². The zero-order valence-corrected chi connectivity index (χ0v) is 14.6. The van der Waals surface area contributed by atoms with Gasteiger partial charge < -0.3 is 15.4 Å². The Labute approximate surface area is 147 Å². The Morgan fingerprint density at radius 1 is 1.48 bits per heavy atom. The number of ether oxygens (including phenoxy) is 1. The van der Waals surface area contributed by atoms with Crippen LogP contribution in [0.2, 0.25) is 0 Å². The second-order valence-corrected chi connectivity index (χ2v) is 6.06. The number of hydrogen-bond acceptors (Lipinski definition) is 5. The molecule has 0 spiro atoms. The van der Waals surface area contributed by atoms with Gasteiger partial charge in [-0.15, -0.1) is 0 Å². The molecule has 1 aromatic carbocycles. The van der Waals surface area contributed by atoms with Crippen LogP contribution in [-0.2, 0) is 9.53 Å². The van der Waals surface area contributed by atoms with Gasteiger partial charge in [0.1, 0.15) is 0 Å². The van der Waals surface area contributed by atoms with Crippen LogP contribution < -0.4 is 10.6 Å². The highest BCUT2D eigenvalue weighted by Crippen LogP contribution is 2.16. The van der Waals surface area contributed by atoms with E-state index in [1.807, 2.05) is 11.8 Å². The molecule has 0 saturated carbocycles. The number of anilines is 1. The molecule has 1 aromatic rings. The lowest BCUT2D eigenvalue weighted by molar-refractivity contribution is -0.121. The first-order valence-electron chi connectivity index (χ1n) is 8.51. The first-order valence-corrected chi connectivity index (χ1v) is 8.51. The standard InChI is InChI=1S/C18H24N4O3/c1-3-25-18(24)21-16-8-5-9-22(12-16)13(2)17(23)20-15-7-4-6-14(10-15)11-19/h4,6-7,10,13,16H,3,5,8-9,12H2,1-2H3,(H,20,23)(H,21,24). The molecule has 0 bridgehead atoms. The highest BCUT2D eigenvalue weighted by Gasteiger charge is 2.28. The number of rotatable bonds is 5. The number of nitrogens with zero attached hydrogens (tertiary/aromatic N) is 2. The van der Waals surface area contributed by atoms with E-state index in [2.05, 4.69) is 16.7 Å². The molecule has 0 aliphatic carbocycles. The predicted molar refractivity (Wildman–Crippen MR) is 94.0 cm³/mol. The van der Waals surface area contributed by atoms with Crippen molar-refractivity contribution < 1.29 is 14.3 Å². The van der Waals surface area contributed by atoms with Gasteiger partial charge in [-0.05, 0) is 51.4 Å². The molecule has 7 heteroatoms. The van der Waals surface area contributed by atoms with Gasteiger partial charge in [0, 0.05) is 18.3 Å². The largest absolute Gasteiger partial charge is 0.450 e. The monoisotopic (exact) mass is 344 g/mol. The van der Waals surface area contributed by atoms with E-state index in [0.717, 1.165) is 19.4 Å². The summed E-state index contributed by atoms with van der Waals surface area (Å²) in [6.07, 6.45) is 1.35. The zero-order chi connectivity index (χ0) is 18.2. The van der Waals surface area contributed by atoms with Crippen LogP contribution in [0.25, 0.3) is 0 Å². The summed E-state index contributed by atoms with van der Waals surface area (Å²) in [7, 11) is 0. The highest BCUT2D eigenvalue weighted by atomic mass is 16.5. The fraction of sp³-hybridized carbons (Fsp3) is 0.500. The van der Waals surface area contributed by atoms with Gasteiger partial charge in [-0.2, -0.15) is 5.26 Å². The third-order valence-electron chi connectivity index (χ3n) is 4.24. The second kappa shape index (κ2) is 9.04. The van der Waals surface area contributed by atoms with Crippen molar-refractivity contribution in [1.82, 2.24) is 10.2 Å². The molecule has 1 saturated heterocycles. The number of piperidine rings is 1. The summed E-state index contributed by atoms with van der Waals surface area (Å²) in [6.45, 7) is 5.35. The minimum atomic E-state index is -0.417. The number of hydrogen-bond donors (Lipinski definition) is 2. The molecular weight excluding hydrogens is 320 g/mol. The minimum Gasteiger partial charge on any atom is -0.450 e. The quantitative estimate of drug-likeness (QED) is 0.853. The first-order chi connectivity index (χ1) is 12.0. The number of carbonyl (C=O) groups is 2. The molecule has 134 valence electrons. The SMILES string of the molecule is CCOC(=O)NC1CCCN(C(C)C(=O)Nc2cccc(C#N)c2)C1. The average molecular weight is 344 g/mol. The van der Waals surface area contributed by atoms with Crippen molar-refractivity contribution in [2.45, 2.75) is 38.8 Å². The number of likely N-dealkylation sites (tertiary alicyclic amines) is 1. The lowest BCUT2D eigenvalue weighted by Crippen LogP contribution is -2.53. The molecular formula is C18H24N4O3. The van der Waals surface area contributed by atoms with E-state index in [1.165, 1.54) is 0 Å². The van der Waals surface area contributed by atoms with Gasteiger partial charge in [0.2, 0.25) is 5.91 Å². The van der Waals surface area contributed by atoms with Crippen molar-refractivity contribution in [3.63, 3.8) is 0 Å². The molecule has 2 atom stereocenters. The number of nitriles is 1. The number of amides is 2. The molecule has 0 radical (unpaired) electrons. The van der Waals surface area contributed by atoms with Crippen molar-refractivity contribution in [3.8, 4) is 6.07 Å². The Balaban J connectivity index is 1.92. The van der Waals surface area contributed by atoms with E-state index in [9.17, 15) is 9.59 Å². The van der Waals surface area contributed by atoms with Crippen LogP contribution in [-0.4, -0.2) is 48.7 Å².